The maximum Gasteiger partial charge on any atom is 0.0952 e. The van der Waals surface area contributed by atoms with Crippen LogP contribution in [0.4, 0.5) is 0 Å². The average molecular weight is 194 g/mol. The monoisotopic (exact) mass is 194 g/mol. The minimum Gasteiger partial charge on any atom is -0.334 e. The van der Waals surface area contributed by atoms with Crippen molar-refractivity contribution >= 4 is 0 Å². The largest absolute Gasteiger partial charge is 0.334 e. The number of likely N-dealkylation sites (tertiary alicyclic amines) is 1. The van der Waals surface area contributed by atoms with Gasteiger partial charge >= 0.3 is 0 Å². The standard InChI is InChI=1S/C10H18N4/c1-13-4-2-10(3-5-13)14-7-9(6-11)12-8-14/h7-8,10H,2-6,11H2,1H3. The Hall–Kier alpha value is -0.870. The first-order valence-electron chi connectivity index (χ1n) is 5.20. The van der Waals surface area contributed by atoms with Crippen molar-refractivity contribution in [2.75, 3.05) is 20.1 Å². The zero-order valence-corrected chi connectivity index (χ0v) is 8.69. The molecule has 0 aromatic carbocycles. The lowest BCUT2D eigenvalue weighted by atomic mass is 10.1. The van der Waals surface area contributed by atoms with Crippen LogP contribution >= 0.6 is 0 Å². The summed E-state index contributed by atoms with van der Waals surface area (Å²) in [5.41, 5.74) is 6.52. The molecule has 0 radical (unpaired) electrons. The summed E-state index contributed by atoms with van der Waals surface area (Å²) < 4.78 is 2.22. The van der Waals surface area contributed by atoms with Crippen LogP contribution in [0.15, 0.2) is 12.5 Å². The molecule has 0 atom stereocenters. The number of aromatic nitrogens is 2. The summed E-state index contributed by atoms with van der Waals surface area (Å²) in [4.78, 5) is 6.63. The molecule has 2 N–H and O–H groups in total. The van der Waals surface area contributed by atoms with E-state index in [1.807, 2.05) is 6.33 Å². The fraction of sp³-hybridized carbons (Fsp3) is 0.700. The molecule has 1 fully saturated rings. The minimum atomic E-state index is 0.541. The zero-order chi connectivity index (χ0) is 9.97. The Labute approximate surface area is 84.7 Å². The van der Waals surface area contributed by atoms with Crippen LogP contribution in [-0.2, 0) is 6.54 Å². The Morgan fingerprint density at radius 2 is 2.21 bits per heavy atom. The van der Waals surface area contributed by atoms with Gasteiger partial charge in [-0.1, -0.05) is 0 Å². The maximum atomic E-state index is 5.53. The number of hydrogen-bond acceptors (Lipinski definition) is 3. The van der Waals surface area contributed by atoms with Gasteiger partial charge in [0, 0.05) is 18.8 Å². The summed E-state index contributed by atoms with van der Waals surface area (Å²) in [6.45, 7) is 2.90. The van der Waals surface area contributed by atoms with E-state index in [2.05, 4.69) is 27.7 Å². The lowest BCUT2D eigenvalue weighted by molar-refractivity contribution is 0.221. The van der Waals surface area contributed by atoms with Gasteiger partial charge in [-0.15, -0.1) is 0 Å². The van der Waals surface area contributed by atoms with Crippen molar-refractivity contribution in [2.45, 2.75) is 25.4 Å². The van der Waals surface area contributed by atoms with Gasteiger partial charge in [-0.25, -0.2) is 4.98 Å². The highest BCUT2D eigenvalue weighted by molar-refractivity contribution is 4.97. The Morgan fingerprint density at radius 1 is 1.50 bits per heavy atom. The first-order valence-corrected chi connectivity index (χ1v) is 5.20. The van der Waals surface area contributed by atoms with Gasteiger partial charge in [-0.05, 0) is 33.0 Å². The van der Waals surface area contributed by atoms with Crippen LogP contribution < -0.4 is 5.73 Å². The third-order valence-electron chi connectivity index (χ3n) is 2.97. The van der Waals surface area contributed by atoms with Crippen LogP contribution in [-0.4, -0.2) is 34.6 Å². The van der Waals surface area contributed by atoms with Crippen molar-refractivity contribution in [1.82, 2.24) is 14.5 Å². The molecule has 2 rings (SSSR count). The molecule has 0 saturated carbocycles. The molecule has 1 aliphatic rings. The first-order chi connectivity index (χ1) is 6.79. The van der Waals surface area contributed by atoms with E-state index in [1.54, 1.807) is 0 Å². The minimum absolute atomic E-state index is 0.541. The lowest BCUT2D eigenvalue weighted by Crippen LogP contribution is -2.31. The quantitative estimate of drug-likeness (QED) is 0.750. The van der Waals surface area contributed by atoms with E-state index in [-0.39, 0.29) is 0 Å². The molecule has 2 heterocycles. The highest BCUT2D eigenvalue weighted by atomic mass is 15.1. The predicted octanol–water partition coefficient (Wildman–Crippen LogP) is 0.608. The second kappa shape index (κ2) is 4.11. The van der Waals surface area contributed by atoms with Crippen LogP contribution in [0, 0.1) is 0 Å². The SMILES string of the molecule is CN1CCC(n2cnc(CN)c2)CC1. The van der Waals surface area contributed by atoms with Gasteiger partial charge in [0.2, 0.25) is 0 Å². The highest BCUT2D eigenvalue weighted by Gasteiger charge is 2.17. The van der Waals surface area contributed by atoms with Crippen LogP contribution in [0.25, 0.3) is 0 Å². The summed E-state index contributed by atoms with van der Waals surface area (Å²) >= 11 is 0. The summed E-state index contributed by atoms with van der Waals surface area (Å²) in [6, 6.07) is 0.624. The topological polar surface area (TPSA) is 47.1 Å². The fourth-order valence-electron chi connectivity index (χ4n) is 1.98. The fourth-order valence-corrected chi connectivity index (χ4v) is 1.98. The lowest BCUT2D eigenvalue weighted by Gasteiger charge is -2.29. The van der Waals surface area contributed by atoms with E-state index in [1.165, 1.54) is 25.9 Å². The molecule has 0 spiro atoms. The molecule has 1 saturated heterocycles. The van der Waals surface area contributed by atoms with E-state index < -0.39 is 0 Å². The van der Waals surface area contributed by atoms with Crippen LogP contribution in [0.3, 0.4) is 0 Å². The van der Waals surface area contributed by atoms with Crippen molar-refractivity contribution < 1.29 is 0 Å². The van der Waals surface area contributed by atoms with E-state index in [4.69, 9.17) is 5.73 Å². The molecule has 4 nitrogen and oxygen atoms in total. The van der Waals surface area contributed by atoms with Gasteiger partial charge in [0.15, 0.2) is 0 Å². The van der Waals surface area contributed by atoms with Gasteiger partial charge in [-0.3, -0.25) is 0 Å². The van der Waals surface area contributed by atoms with Crippen molar-refractivity contribution in [3.63, 3.8) is 0 Å². The molecule has 14 heavy (non-hydrogen) atoms. The van der Waals surface area contributed by atoms with Crippen LogP contribution in [0.2, 0.25) is 0 Å². The Balaban J connectivity index is 2.01. The van der Waals surface area contributed by atoms with Gasteiger partial charge in [0.1, 0.15) is 0 Å². The van der Waals surface area contributed by atoms with Crippen molar-refractivity contribution in [1.29, 1.82) is 0 Å². The van der Waals surface area contributed by atoms with Crippen molar-refractivity contribution in [2.24, 2.45) is 5.73 Å². The molecule has 4 heteroatoms. The van der Waals surface area contributed by atoms with Gasteiger partial charge < -0.3 is 15.2 Å². The number of hydrogen-bond donors (Lipinski definition) is 1. The van der Waals surface area contributed by atoms with E-state index in [9.17, 15) is 0 Å². The Bertz CT molecular complexity index is 286. The second-order valence-corrected chi connectivity index (χ2v) is 4.05. The molecule has 0 amide bonds. The number of rotatable bonds is 2. The molecule has 0 aliphatic carbocycles. The number of nitrogens with zero attached hydrogens (tertiary/aromatic N) is 3. The van der Waals surface area contributed by atoms with Crippen LogP contribution in [0.5, 0.6) is 0 Å². The second-order valence-electron chi connectivity index (χ2n) is 4.05. The molecular weight excluding hydrogens is 176 g/mol. The number of imidazole rings is 1. The van der Waals surface area contributed by atoms with Gasteiger partial charge in [-0.2, -0.15) is 0 Å². The highest BCUT2D eigenvalue weighted by Crippen LogP contribution is 2.21. The number of nitrogens with two attached hydrogens (primary N) is 1. The normalized spacial score (nSPS) is 20.1. The van der Waals surface area contributed by atoms with E-state index in [0.717, 1.165) is 5.69 Å². The zero-order valence-electron chi connectivity index (χ0n) is 8.69. The Morgan fingerprint density at radius 3 is 2.79 bits per heavy atom. The van der Waals surface area contributed by atoms with E-state index >= 15 is 0 Å². The van der Waals surface area contributed by atoms with Crippen molar-refractivity contribution in [3.05, 3.63) is 18.2 Å². The van der Waals surface area contributed by atoms with E-state index in [0.29, 0.717) is 12.6 Å². The molecular formula is C10H18N4. The summed E-state index contributed by atoms with van der Waals surface area (Å²) in [6.07, 6.45) is 6.43. The van der Waals surface area contributed by atoms with Crippen molar-refractivity contribution in [3.8, 4) is 0 Å². The summed E-state index contributed by atoms with van der Waals surface area (Å²) in [5, 5.41) is 0. The Kier molecular flexibility index (Phi) is 2.84. The smallest absolute Gasteiger partial charge is 0.0952 e. The molecule has 0 unspecified atom stereocenters. The average Bonchev–Trinajstić information content (AvgIpc) is 2.67. The molecule has 1 aromatic heterocycles. The summed E-state index contributed by atoms with van der Waals surface area (Å²) in [5.74, 6) is 0. The maximum absolute atomic E-state index is 5.53. The van der Waals surface area contributed by atoms with Gasteiger partial charge in [0.05, 0.1) is 12.0 Å². The summed E-state index contributed by atoms with van der Waals surface area (Å²) in [7, 11) is 2.18. The third-order valence-corrected chi connectivity index (χ3v) is 2.97. The predicted molar refractivity (Wildman–Crippen MR) is 55.9 cm³/mol. The molecule has 1 aliphatic heterocycles. The third kappa shape index (κ3) is 1.96. The van der Waals surface area contributed by atoms with Gasteiger partial charge in [0.25, 0.3) is 0 Å². The van der Waals surface area contributed by atoms with Crippen LogP contribution in [0.1, 0.15) is 24.6 Å². The molecule has 78 valence electrons. The molecule has 1 aromatic rings. The number of piperidine rings is 1. The molecule has 0 bridgehead atoms. The first kappa shape index (κ1) is 9.68.